The van der Waals surface area contributed by atoms with Gasteiger partial charge in [-0.3, -0.25) is 14.5 Å². The lowest BCUT2D eigenvalue weighted by atomic mass is 10.0. The topological polar surface area (TPSA) is 238 Å². The largest absolute Gasteiger partial charge is 0.420 e. The Balaban J connectivity index is 0.775. The molecular formula is C58H79F4N5O16S. The highest BCUT2D eigenvalue weighted by molar-refractivity contribution is 7.89. The highest BCUT2D eigenvalue weighted by atomic mass is 32.2. The number of sulfonamides is 1. The number of fused-ring (bicyclic) bond motifs is 1. The smallest absolute Gasteiger partial charge is 0.313 e. The van der Waals surface area contributed by atoms with E-state index in [1.165, 1.54) is 4.31 Å². The predicted molar refractivity (Wildman–Crippen MR) is 302 cm³/mol. The zero-order chi connectivity index (χ0) is 60.4. The molecular weight excluding hydrogens is 1130 g/mol. The van der Waals surface area contributed by atoms with E-state index in [0.717, 1.165) is 17.5 Å². The van der Waals surface area contributed by atoms with Gasteiger partial charge in [-0.1, -0.05) is 43.0 Å². The number of carbonyl (C=O) groups is 2. The summed E-state index contributed by atoms with van der Waals surface area (Å²) in [7, 11) is -1.74. The van der Waals surface area contributed by atoms with E-state index in [-0.39, 0.29) is 74.6 Å². The van der Waals surface area contributed by atoms with E-state index >= 15 is 0 Å². The number of amides is 1. The number of ether oxygens (including phenoxy) is 11. The van der Waals surface area contributed by atoms with E-state index in [1.54, 1.807) is 23.1 Å². The number of aliphatic hydroxyl groups is 1. The van der Waals surface area contributed by atoms with Crippen LogP contribution in [-0.4, -0.2) is 230 Å². The number of aliphatic hydroxyl groups excluding tert-OH is 1. The van der Waals surface area contributed by atoms with Gasteiger partial charge in [-0.2, -0.15) is 13.1 Å². The second-order valence-electron chi connectivity index (χ2n) is 19.1. The number of nitrogens with zero attached hydrogens (tertiary/aromatic N) is 4. The first-order valence-electron chi connectivity index (χ1n) is 27.8. The van der Waals surface area contributed by atoms with Crippen LogP contribution in [0.3, 0.4) is 0 Å². The van der Waals surface area contributed by atoms with Crippen LogP contribution in [0.2, 0.25) is 0 Å². The molecule has 0 unspecified atom stereocenters. The summed E-state index contributed by atoms with van der Waals surface area (Å²) in [5.41, 5.74) is 9.62. The molecule has 5 rings (SSSR count). The summed E-state index contributed by atoms with van der Waals surface area (Å²) in [6.07, 6.45) is 2.33. The standard InChI is InChI=1S/C58H79F4N5O16S/c1-3-12-66(58(70)48-36-47-10-9-46(38-52(47)64-53(63)39-48)45-7-6-8-49(37-45)84(71,72)67-41-44(42-67)43-68)14-5-4-13-65(2)15-17-74-19-21-76-23-25-78-27-29-80-31-33-82-35-34-81-32-30-79-28-26-77-24-22-75-20-18-73-16-11-54(69)83-57-55(61)50(59)40-51(60)56(57)62/h6-10,36-38,40,44,68H,3,11-35,39,41-43H2,1-2H3,(H2,63,64). The molecule has 1 saturated heterocycles. The van der Waals surface area contributed by atoms with Gasteiger partial charge in [0.2, 0.25) is 27.4 Å². The van der Waals surface area contributed by atoms with Gasteiger partial charge in [0.05, 0.1) is 162 Å². The number of hydrogen-bond donors (Lipinski definition) is 2. The van der Waals surface area contributed by atoms with Crippen molar-refractivity contribution in [1.29, 1.82) is 0 Å². The molecule has 2 heterocycles. The van der Waals surface area contributed by atoms with Gasteiger partial charge in [0.1, 0.15) is 5.84 Å². The van der Waals surface area contributed by atoms with Crippen molar-refractivity contribution < 1.29 is 92.8 Å². The quantitative estimate of drug-likeness (QED) is 0.0196. The second kappa shape index (κ2) is 39.3. The zero-order valence-electron chi connectivity index (χ0n) is 47.8. The van der Waals surface area contributed by atoms with E-state index in [1.807, 2.05) is 49.2 Å². The van der Waals surface area contributed by atoms with E-state index in [0.29, 0.717) is 155 Å². The van der Waals surface area contributed by atoms with Gasteiger partial charge >= 0.3 is 5.97 Å². The zero-order valence-corrected chi connectivity index (χ0v) is 48.7. The Bertz CT molecular complexity index is 2700. The van der Waals surface area contributed by atoms with Crippen molar-refractivity contribution in [2.45, 2.75) is 31.1 Å². The molecule has 3 aromatic carbocycles. The van der Waals surface area contributed by atoms with Gasteiger partial charge in [0.15, 0.2) is 11.6 Å². The maximum atomic E-state index is 13.9. The SMILES string of the molecule is CCCN(CC#CCN(C)CCOCCOCCOCCOCCOCCOCCOCCOCCOCCOCCC(=O)Oc1c(F)c(F)cc(F)c1F)C(=O)C1=Cc2ccc(-c3cccc(S(=O)(=O)N4CC(CO)C4)c3)cc2N=C(N)C1. The van der Waals surface area contributed by atoms with Crippen molar-refractivity contribution in [3.8, 4) is 28.7 Å². The van der Waals surface area contributed by atoms with Crippen LogP contribution < -0.4 is 10.5 Å². The Kier molecular flexibility index (Phi) is 32.4. The summed E-state index contributed by atoms with van der Waals surface area (Å²) >= 11 is 0. The van der Waals surface area contributed by atoms with Gasteiger partial charge in [-0.05, 0) is 48.9 Å². The van der Waals surface area contributed by atoms with Crippen LogP contribution in [0.15, 0.2) is 64.0 Å². The van der Waals surface area contributed by atoms with Gasteiger partial charge in [0, 0.05) is 62.3 Å². The lowest BCUT2D eigenvalue weighted by Gasteiger charge is -2.36. The molecule has 26 heteroatoms. The first-order valence-corrected chi connectivity index (χ1v) is 29.3. The lowest BCUT2D eigenvalue weighted by Crippen LogP contribution is -2.51. The summed E-state index contributed by atoms with van der Waals surface area (Å²) in [6.45, 7) is 11.5. The summed E-state index contributed by atoms with van der Waals surface area (Å²) < 4.78 is 141. The molecule has 466 valence electrons. The van der Waals surface area contributed by atoms with Gasteiger partial charge in [-0.25, -0.2) is 22.2 Å². The van der Waals surface area contributed by atoms with E-state index in [2.05, 4.69) is 21.6 Å². The Morgan fingerprint density at radius 1 is 0.667 bits per heavy atom. The molecule has 3 N–H and O–H groups in total. The van der Waals surface area contributed by atoms with Crippen LogP contribution in [0.5, 0.6) is 5.75 Å². The van der Waals surface area contributed by atoms with Gasteiger partial charge in [-0.15, -0.1) is 0 Å². The van der Waals surface area contributed by atoms with Crippen LogP contribution in [0.1, 0.15) is 31.7 Å². The van der Waals surface area contributed by atoms with Gasteiger partial charge in [0.25, 0.3) is 5.91 Å². The molecule has 21 nitrogen and oxygen atoms in total. The third-order valence-corrected chi connectivity index (χ3v) is 14.3. The normalized spacial score (nSPS) is 13.7. The molecule has 0 aromatic heterocycles. The predicted octanol–water partition coefficient (Wildman–Crippen LogP) is 4.63. The number of nitrogens with two attached hydrogens (primary N) is 1. The molecule has 0 aliphatic carbocycles. The fraction of sp³-hybridized carbons (Fsp3) is 0.569. The van der Waals surface area contributed by atoms with Crippen LogP contribution in [0.4, 0.5) is 23.2 Å². The Labute approximate surface area is 489 Å². The van der Waals surface area contributed by atoms with E-state index in [4.69, 9.17) is 53.1 Å². The Morgan fingerprint density at radius 3 is 1.67 bits per heavy atom. The molecule has 0 saturated carbocycles. The highest BCUT2D eigenvalue weighted by Gasteiger charge is 2.36. The van der Waals surface area contributed by atoms with Crippen molar-refractivity contribution in [2.75, 3.05) is 185 Å². The van der Waals surface area contributed by atoms with Crippen molar-refractivity contribution >= 4 is 39.5 Å². The van der Waals surface area contributed by atoms with E-state index in [9.17, 15) is 40.7 Å². The summed E-state index contributed by atoms with van der Waals surface area (Å²) in [6, 6.07) is 12.3. The lowest BCUT2D eigenvalue weighted by molar-refractivity contribution is -0.136. The number of rotatable bonds is 43. The molecule has 84 heavy (non-hydrogen) atoms. The maximum absolute atomic E-state index is 13.9. The molecule has 1 amide bonds. The van der Waals surface area contributed by atoms with Crippen LogP contribution >= 0.6 is 0 Å². The van der Waals surface area contributed by atoms with Crippen LogP contribution in [0.25, 0.3) is 17.2 Å². The summed E-state index contributed by atoms with van der Waals surface area (Å²) in [5, 5.41) is 9.35. The maximum Gasteiger partial charge on any atom is 0.313 e. The van der Waals surface area contributed by atoms with Crippen LogP contribution in [0, 0.1) is 41.0 Å². The number of halogens is 4. The number of hydrogen-bond acceptors (Lipinski definition) is 19. The Hall–Kier alpha value is -5.48. The molecule has 2 aliphatic heterocycles. The fourth-order valence-electron chi connectivity index (χ4n) is 7.94. The average molecular weight is 1210 g/mol. The molecule has 3 aromatic rings. The van der Waals surface area contributed by atoms with Crippen molar-refractivity contribution in [3.63, 3.8) is 0 Å². The average Bonchev–Trinajstić information content (AvgIpc) is 3.32. The number of likely N-dealkylation sites (N-methyl/N-ethyl adjacent to an activating group) is 1. The van der Waals surface area contributed by atoms with Gasteiger partial charge < -0.3 is 67.8 Å². The van der Waals surface area contributed by atoms with Crippen molar-refractivity contribution in [3.05, 3.63) is 82.9 Å². The van der Waals surface area contributed by atoms with Crippen molar-refractivity contribution in [1.82, 2.24) is 14.1 Å². The minimum atomic E-state index is -3.69. The molecule has 0 bridgehead atoms. The third-order valence-electron chi connectivity index (χ3n) is 12.5. The monoisotopic (exact) mass is 1210 g/mol. The number of aliphatic imine (C=N–C) groups is 1. The first-order chi connectivity index (χ1) is 40.7. The summed E-state index contributed by atoms with van der Waals surface area (Å²) in [4.78, 5) is 34.2. The van der Waals surface area contributed by atoms with E-state index < -0.39 is 51.4 Å². The molecule has 0 atom stereocenters. The molecule has 1 fully saturated rings. The third kappa shape index (κ3) is 24.9. The minimum absolute atomic E-state index is 0.0142. The molecule has 0 spiro atoms. The van der Waals surface area contributed by atoms with Crippen molar-refractivity contribution in [2.24, 2.45) is 16.6 Å². The summed E-state index contributed by atoms with van der Waals surface area (Å²) in [5.74, 6) is -3.13. The fourth-order valence-corrected chi connectivity index (χ4v) is 9.58. The number of benzene rings is 3. The highest BCUT2D eigenvalue weighted by Crippen LogP contribution is 2.34. The molecule has 2 aliphatic rings. The second-order valence-corrected chi connectivity index (χ2v) is 21.0. The van der Waals surface area contributed by atoms with Crippen LogP contribution in [-0.2, 0) is 67.0 Å². The number of amidine groups is 1. The first kappa shape index (κ1) is 69.3. The number of esters is 1. The minimum Gasteiger partial charge on any atom is -0.420 e. The Morgan fingerprint density at radius 2 is 1.15 bits per heavy atom. The molecule has 0 radical (unpaired) electrons. The number of carbonyl (C=O) groups excluding carboxylic acids is 2.